The molecule has 6 heteroatoms. The Morgan fingerprint density at radius 3 is 2.71 bits per heavy atom. The van der Waals surface area contributed by atoms with Crippen molar-refractivity contribution in [2.75, 3.05) is 13.2 Å². The molecule has 4 nitrogen and oxygen atoms in total. The monoisotopic (exact) mass is 416 g/mol. The van der Waals surface area contributed by atoms with Crippen molar-refractivity contribution in [3.63, 3.8) is 0 Å². The van der Waals surface area contributed by atoms with Crippen molar-refractivity contribution < 1.29 is 9.47 Å². The molecular weight excluding hydrogens is 400 g/mol. The van der Waals surface area contributed by atoms with Gasteiger partial charge in [0.1, 0.15) is 5.82 Å². The van der Waals surface area contributed by atoms with Crippen molar-refractivity contribution in [2.24, 2.45) is 7.05 Å². The summed E-state index contributed by atoms with van der Waals surface area (Å²) in [6, 6.07) is 4.03. The van der Waals surface area contributed by atoms with Crippen molar-refractivity contribution >= 4 is 31.9 Å². The second kappa shape index (κ2) is 7.84. The fourth-order valence-electron chi connectivity index (χ4n) is 1.98. The van der Waals surface area contributed by atoms with Gasteiger partial charge in [-0.05, 0) is 40.5 Å². The van der Waals surface area contributed by atoms with Crippen LogP contribution in [-0.2, 0) is 18.8 Å². The Morgan fingerprint density at radius 2 is 2.10 bits per heavy atom. The van der Waals surface area contributed by atoms with Crippen molar-refractivity contribution in [2.45, 2.75) is 18.7 Å². The number of aromatic nitrogens is 2. The molecule has 0 fully saturated rings. The molecule has 0 aliphatic rings. The third kappa shape index (κ3) is 4.23. The van der Waals surface area contributed by atoms with Gasteiger partial charge in [0.15, 0.2) is 11.5 Å². The van der Waals surface area contributed by atoms with E-state index < -0.39 is 0 Å². The molecular formula is C15H18Br2N2O2. The first-order valence-electron chi connectivity index (χ1n) is 6.75. The molecule has 1 aromatic heterocycles. The lowest BCUT2D eigenvalue weighted by Gasteiger charge is -2.15. The zero-order chi connectivity index (χ0) is 15.2. The number of ether oxygens (including phenoxy) is 2. The van der Waals surface area contributed by atoms with Gasteiger partial charge in [0.05, 0.1) is 17.7 Å². The van der Waals surface area contributed by atoms with Crippen LogP contribution in [0.15, 0.2) is 29.0 Å². The first-order chi connectivity index (χ1) is 10.2. The Bertz CT molecular complexity index is 599. The van der Waals surface area contributed by atoms with Gasteiger partial charge in [-0.2, -0.15) is 0 Å². The van der Waals surface area contributed by atoms with E-state index in [2.05, 4.69) is 36.8 Å². The maximum atomic E-state index is 5.91. The summed E-state index contributed by atoms with van der Waals surface area (Å²) in [5.41, 5.74) is 1.14. The van der Waals surface area contributed by atoms with E-state index in [0.29, 0.717) is 13.2 Å². The van der Waals surface area contributed by atoms with E-state index in [1.54, 1.807) is 6.20 Å². The Balaban J connectivity index is 2.09. The lowest BCUT2D eigenvalue weighted by Crippen LogP contribution is -2.08. The highest BCUT2D eigenvalue weighted by atomic mass is 79.9. The minimum absolute atomic E-state index is 0.553. The summed E-state index contributed by atoms with van der Waals surface area (Å²) in [5.74, 6) is 2.51. The van der Waals surface area contributed by atoms with E-state index in [4.69, 9.17) is 9.47 Å². The summed E-state index contributed by atoms with van der Waals surface area (Å²) in [5, 5.41) is 0.777. The van der Waals surface area contributed by atoms with Crippen LogP contribution in [0, 0.1) is 0 Å². The zero-order valence-electron chi connectivity index (χ0n) is 12.1. The van der Waals surface area contributed by atoms with Crippen LogP contribution < -0.4 is 9.47 Å². The number of hydrogen-bond acceptors (Lipinski definition) is 3. The molecule has 21 heavy (non-hydrogen) atoms. The van der Waals surface area contributed by atoms with Crippen LogP contribution in [0.5, 0.6) is 11.5 Å². The molecule has 2 aromatic rings. The molecule has 0 saturated heterocycles. The van der Waals surface area contributed by atoms with Crippen LogP contribution in [-0.4, -0.2) is 22.8 Å². The molecule has 0 spiro atoms. The molecule has 0 atom stereocenters. The summed E-state index contributed by atoms with van der Waals surface area (Å²) >= 11 is 7.02. The van der Waals surface area contributed by atoms with Gasteiger partial charge in [-0.25, -0.2) is 4.98 Å². The minimum atomic E-state index is 0.553. The quantitative estimate of drug-likeness (QED) is 0.636. The van der Waals surface area contributed by atoms with Crippen molar-refractivity contribution in [1.82, 2.24) is 9.55 Å². The number of alkyl halides is 1. The SMILES string of the molecule is CCOc1cc(CBr)cc(Br)c1OCCc1nccn1C. The third-order valence-corrected chi connectivity index (χ3v) is 4.25. The van der Waals surface area contributed by atoms with Crippen molar-refractivity contribution in [1.29, 1.82) is 0 Å². The molecule has 0 N–H and O–H groups in total. The predicted octanol–water partition coefficient (Wildman–Crippen LogP) is 4.10. The van der Waals surface area contributed by atoms with E-state index in [0.717, 1.165) is 39.1 Å². The molecule has 0 amide bonds. The largest absolute Gasteiger partial charge is 0.490 e. The van der Waals surface area contributed by atoms with E-state index in [1.165, 1.54) is 0 Å². The molecule has 2 rings (SSSR count). The smallest absolute Gasteiger partial charge is 0.175 e. The third-order valence-electron chi connectivity index (χ3n) is 3.02. The van der Waals surface area contributed by atoms with Gasteiger partial charge >= 0.3 is 0 Å². The van der Waals surface area contributed by atoms with Crippen molar-refractivity contribution in [3.8, 4) is 11.5 Å². The highest BCUT2D eigenvalue weighted by molar-refractivity contribution is 9.10. The number of benzene rings is 1. The first kappa shape index (κ1) is 16.4. The normalized spacial score (nSPS) is 10.7. The number of hydrogen-bond donors (Lipinski definition) is 0. The average Bonchev–Trinajstić information content (AvgIpc) is 2.87. The van der Waals surface area contributed by atoms with E-state index >= 15 is 0 Å². The van der Waals surface area contributed by atoms with Crippen LogP contribution in [0.25, 0.3) is 0 Å². The van der Waals surface area contributed by atoms with E-state index in [-0.39, 0.29) is 0 Å². The fraction of sp³-hybridized carbons (Fsp3) is 0.400. The lowest BCUT2D eigenvalue weighted by molar-refractivity contribution is 0.275. The van der Waals surface area contributed by atoms with Crippen LogP contribution in [0.3, 0.4) is 0 Å². The highest BCUT2D eigenvalue weighted by Gasteiger charge is 2.12. The maximum Gasteiger partial charge on any atom is 0.175 e. The van der Waals surface area contributed by atoms with Crippen molar-refractivity contribution in [3.05, 3.63) is 40.4 Å². The standard InChI is InChI=1S/C15H18Br2N2O2/c1-3-20-13-9-11(10-16)8-12(17)15(13)21-7-4-14-18-5-6-19(14)2/h5-6,8-9H,3-4,7,10H2,1-2H3. The van der Waals surface area contributed by atoms with Gasteiger partial charge in [0, 0.05) is 31.2 Å². The lowest BCUT2D eigenvalue weighted by atomic mass is 10.2. The number of imidazole rings is 1. The van der Waals surface area contributed by atoms with Crippen LogP contribution >= 0.6 is 31.9 Å². The topological polar surface area (TPSA) is 36.3 Å². The maximum absolute atomic E-state index is 5.91. The predicted molar refractivity (Wildman–Crippen MR) is 90.3 cm³/mol. The van der Waals surface area contributed by atoms with Gasteiger partial charge in [-0.3, -0.25) is 0 Å². The summed E-state index contributed by atoms with van der Waals surface area (Å²) in [7, 11) is 1.98. The first-order valence-corrected chi connectivity index (χ1v) is 8.67. The summed E-state index contributed by atoms with van der Waals surface area (Å²) < 4.78 is 14.5. The number of halogens is 2. The van der Waals surface area contributed by atoms with Gasteiger partial charge < -0.3 is 14.0 Å². The molecule has 1 aromatic carbocycles. The van der Waals surface area contributed by atoms with Crippen LogP contribution in [0.1, 0.15) is 18.3 Å². The molecule has 0 aliphatic carbocycles. The molecule has 114 valence electrons. The van der Waals surface area contributed by atoms with Gasteiger partial charge in [0.25, 0.3) is 0 Å². The number of aryl methyl sites for hydroxylation is 1. The van der Waals surface area contributed by atoms with Gasteiger partial charge in [-0.1, -0.05) is 15.9 Å². The number of nitrogens with zero attached hydrogens (tertiary/aromatic N) is 2. The van der Waals surface area contributed by atoms with E-state index in [1.807, 2.05) is 36.9 Å². The van der Waals surface area contributed by atoms with E-state index in [9.17, 15) is 0 Å². The fourth-order valence-corrected chi connectivity index (χ4v) is 2.91. The van der Waals surface area contributed by atoms with Gasteiger partial charge in [0.2, 0.25) is 0 Å². The Hall–Kier alpha value is -1.01. The summed E-state index contributed by atoms with van der Waals surface area (Å²) in [4.78, 5) is 4.29. The van der Waals surface area contributed by atoms with Crippen LogP contribution in [0.4, 0.5) is 0 Å². The molecule has 1 heterocycles. The second-order valence-electron chi connectivity index (χ2n) is 4.52. The molecule has 0 aliphatic heterocycles. The zero-order valence-corrected chi connectivity index (χ0v) is 15.3. The Labute approximate surface area is 141 Å². The Morgan fingerprint density at radius 1 is 1.29 bits per heavy atom. The highest BCUT2D eigenvalue weighted by Crippen LogP contribution is 2.37. The minimum Gasteiger partial charge on any atom is -0.490 e. The molecule has 0 saturated carbocycles. The molecule has 0 radical (unpaired) electrons. The second-order valence-corrected chi connectivity index (χ2v) is 5.94. The Kier molecular flexibility index (Phi) is 6.11. The number of rotatable bonds is 7. The summed E-state index contributed by atoms with van der Waals surface area (Å²) in [6.45, 7) is 3.12. The summed E-state index contributed by atoms with van der Waals surface area (Å²) in [6.07, 6.45) is 4.48. The van der Waals surface area contributed by atoms with Gasteiger partial charge in [-0.15, -0.1) is 0 Å². The molecule has 0 unspecified atom stereocenters. The molecule has 0 bridgehead atoms. The average molecular weight is 418 g/mol. The van der Waals surface area contributed by atoms with Crippen LogP contribution in [0.2, 0.25) is 0 Å².